The summed E-state index contributed by atoms with van der Waals surface area (Å²) in [6.07, 6.45) is 1.53. The highest BCUT2D eigenvalue weighted by Crippen LogP contribution is 2.28. The molecule has 0 aliphatic carbocycles. The maximum atomic E-state index is 13.0. The van der Waals surface area contributed by atoms with Gasteiger partial charge in [0, 0.05) is 16.1 Å². The first kappa shape index (κ1) is 22.3. The van der Waals surface area contributed by atoms with E-state index in [1.54, 1.807) is 31.4 Å². The second-order valence-corrected chi connectivity index (χ2v) is 7.28. The lowest BCUT2D eigenvalue weighted by Gasteiger charge is -2.11. The molecule has 0 saturated heterocycles. The fourth-order valence-corrected chi connectivity index (χ4v) is 2.96. The number of oxime groups is 1. The van der Waals surface area contributed by atoms with Crippen LogP contribution >= 0.6 is 11.6 Å². The summed E-state index contributed by atoms with van der Waals surface area (Å²) < 4.78 is 29.8. The molecule has 0 radical (unpaired) electrons. The summed E-state index contributed by atoms with van der Waals surface area (Å²) in [6, 6.07) is 18.6. The lowest BCUT2D eigenvalue weighted by atomic mass is 10.2. The van der Waals surface area contributed by atoms with E-state index < -0.39 is 0 Å². The standard InChI is InChI=1S/C24H19ClFN3O4/c1-30-22-12-17(4-11-21(22)31-14-16-2-7-19(25)8-3-16)13-27-32-15-23-28-29-24(33-23)18-5-9-20(26)10-6-18/h2-13H,14-15H2,1H3. The third-order valence-corrected chi connectivity index (χ3v) is 4.77. The first-order valence-corrected chi connectivity index (χ1v) is 10.3. The molecule has 0 amide bonds. The van der Waals surface area contributed by atoms with E-state index >= 15 is 0 Å². The minimum absolute atomic E-state index is 0.00981. The van der Waals surface area contributed by atoms with E-state index in [0.717, 1.165) is 11.1 Å². The van der Waals surface area contributed by atoms with Gasteiger partial charge in [0.2, 0.25) is 5.89 Å². The molecule has 0 atom stereocenters. The first-order valence-electron chi connectivity index (χ1n) is 9.89. The molecule has 0 fully saturated rings. The van der Waals surface area contributed by atoms with Crippen molar-refractivity contribution >= 4 is 17.8 Å². The molecule has 0 bridgehead atoms. The summed E-state index contributed by atoms with van der Waals surface area (Å²) in [5.74, 6) is 1.35. The van der Waals surface area contributed by atoms with E-state index in [2.05, 4.69) is 15.4 Å². The van der Waals surface area contributed by atoms with Crippen LogP contribution in [-0.2, 0) is 18.1 Å². The number of methoxy groups -OCH3 is 1. The molecule has 3 aromatic carbocycles. The number of halogens is 2. The Labute approximate surface area is 194 Å². The minimum atomic E-state index is -0.339. The number of ether oxygens (including phenoxy) is 2. The summed E-state index contributed by atoms with van der Waals surface area (Å²) in [4.78, 5) is 5.24. The van der Waals surface area contributed by atoms with Crippen LogP contribution in [0.15, 0.2) is 76.3 Å². The van der Waals surface area contributed by atoms with Gasteiger partial charge >= 0.3 is 0 Å². The number of hydrogen-bond acceptors (Lipinski definition) is 7. The van der Waals surface area contributed by atoms with Gasteiger partial charge in [-0.2, -0.15) is 0 Å². The second kappa shape index (κ2) is 10.6. The molecule has 1 aromatic heterocycles. The topological polar surface area (TPSA) is 79.0 Å². The van der Waals surface area contributed by atoms with Crippen LogP contribution in [0.2, 0.25) is 5.02 Å². The second-order valence-electron chi connectivity index (χ2n) is 6.84. The molecule has 4 aromatic rings. The van der Waals surface area contributed by atoms with Crippen LogP contribution in [0.5, 0.6) is 11.5 Å². The highest BCUT2D eigenvalue weighted by atomic mass is 35.5. The molecule has 0 spiro atoms. The molecular weight excluding hydrogens is 449 g/mol. The van der Waals surface area contributed by atoms with Crippen molar-refractivity contribution in [3.05, 3.63) is 94.6 Å². The van der Waals surface area contributed by atoms with Crippen molar-refractivity contribution in [2.75, 3.05) is 7.11 Å². The van der Waals surface area contributed by atoms with E-state index in [0.29, 0.717) is 28.7 Å². The molecule has 0 N–H and O–H groups in total. The predicted molar refractivity (Wildman–Crippen MR) is 121 cm³/mol. The zero-order chi connectivity index (χ0) is 23.0. The van der Waals surface area contributed by atoms with Crippen molar-refractivity contribution in [3.8, 4) is 23.0 Å². The van der Waals surface area contributed by atoms with E-state index in [1.807, 2.05) is 30.3 Å². The van der Waals surface area contributed by atoms with E-state index in [1.165, 1.54) is 18.3 Å². The van der Waals surface area contributed by atoms with Crippen LogP contribution in [0.1, 0.15) is 17.0 Å². The zero-order valence-electron chi connectivity index (χ0n) is 17.6. The third-order valence-electron chi connectivity index (χ3n) is 4.52. The lowest BCUT2D eigenvalue weighted by molar-refractivity contribution is 0.112. The van der Waals surface area contributed by atoms with E-state index in [4.69, 9.17) is 30.3 Å². The summed E-state index contributed by atoms with van der Waals surface area (Å²) in [5, 5.41) is 12.4. The molecule has 1 heterocycles. The fourth-order valence-electron chi connectivity index (χ4n) is 2.84. The van der Waals surface area contributed by atoms with Crippen LogP contribution < -0.4 is 9.47 Å². The molecular formula is C24H19ClFN3O4. The first-order chi connectivity index (χ1) is 16.1. The molecule has 33 heavy (non-hydrogen) atoms. The average molecular weight is 468 g/mol. The fraction of sp³-hybridized carbons (Fsp3) is 0.125. The van der Waals surface area contributed by atoms with Crippen LogP contribution in [0.25, 0.3) is 11.5 Å². The summed E-state index contributed by atoms with van der Waals surface area (Å²) in [7, 11) is 1.57. The van der Waals surface area contributed by atoms with Gasteiger partial charge < -0.3 is 18.7 Å². The molecule has 0 aliphatic heterocycles. The Balaban J connectivity index is 1.31. The maximum Gasteiger partial charge on any atom is 0.257 e. The molecule has 9 heteroatoms. The zero-order valence-corrected chi connectivity index (χ0v) is 18.3. The van der Waals surface area contributed by atoms with Gasteiger partial charge in [-0.1, -0.05) is 28.9 Å². The number of rotatable bonds is 9. The number of aromatic nitrogens is 2. The van der Waals surface area contributed by atoms with Gasteiger partial charge in [0.15, 0.2) is 18.1 Å². The largest absolute Gasteiger partial charge is 0.493 e. The van der Waals surface area contributed by atoms with Crippen molar-refractivity contribution in [3.63, 3.8) is 0 Å². The van der Waals surface area contributed by atoms with Crippen molar-refractivity contribution in [1.82, 2.24) is 10.2 Å². The van der Waals surface area contributed by atoms with Gasteiger partial charge in [-0.15, -0.1) is 10.2 Å². The van der Waals surface area contributed by atoms with Gasteiger partial charge in [-0.25, -0.2) is 4.39 Å². The Kier molecular flexibility index (Phi) is 7.16. The third kappa shape index (κ3) is 6.08. The SMILES string of the molecule is COc1cc(C=NOCc2nnc(-c3ccc(F)cc3)o2)ccc1OCc1ccc(Cl)cc1. The van der Waals surface area contributed by atoms with Crippen LogP contribution in [0.4, 0.5) is 4.39 Å². The van der Waals surface area contributed by atoms with Crippen LogP contribution in [-0.4, -0.2) is 23.5 Å². The molecule has 168 valence electrons. The van der Waals surface area contributed by atoms with Gasteiger partial charge in [-0.05, 0) is 60.2 Å². The highest BCUT2D eigenvalue weighted by molar-refractivity contribution is 6.30. The van der Waals surface area contributed by atoms with Gasteiger partial charge in [0.25, 0.3) is 5.89 Å². The number of benzene rings is 3. The molecule has 7 nitrogen and oxygen atoms in total. The molecule has 0 unspecified atom stereocenters. The monoisotopic (exact) mass is 467 g/mol. The summed E-state index contributed by atoms with van der Waals surface area (Å²) in [6.45, 7) is 0.373. The number of hydrogen-bond donors (Lipinski definition) is 0. The Bertz CT molecular complexity index is 1230. The molecule has 0 aliphatic rings. The van der Waals surface area contributed by atoms with Crippen molar-refractivity contribution < 1.29 is 23.1 Å². The van der Waals surface area contributed by atoms with Crippen molar-refractivity contribution in [2.24, 2.45) is 5.16 Å². The minimum Gasteiger partial charge on any atom is -0.493 e. The average Bonchev–Trinajstić information content (AvgIpc) is 3.31. The predicted octanol–water partition coefficient (Wildman–Crippen LogP) is 5.67. The lowest BCUT2D eigenvalue weighted by Crippen LogP contribution is -1.98. The Morgan fingerprint density at radius 3 is 2.52 bits per heavy atom. The smallest absolute Gasteiger partial charge is 0.257 e. The molecule has 4 rings (SSSR count). The summed E-state index contributed by atoms with van der Waals surface area (Å²) >= 11 is 5.91. The van der Waals surface area contributed by atoms with Crippen molar-refractivity contribution in [1.29, 1.82) is 0 Å². The van der Waals surface area contributed by atoms with E-state index in [-0.39, 0.29) is 24.2 Å². The summed E-state index contributed by atoms with van der Waals surface area (Å²) in [5.41, 5.74) is 2.36. The maximum absolute atomic E-state index is 13.0. The van der Waals surface area contributed by atoms with Crippen molar-refractivity contribution in [2.45, 2.75) is 13.2 Å². The highest BCUT2D eigenvalue weighted by Gasteiger charge is 2.09. The van der Waals surface area contributed by atoms with Gasteiger partial charge in [0.05, 0.1) is 13.3 Å². The number of nitrogens with zero attached hydrogens (tertiary/aromatic N) is 3. The van der Waals surface area contributed by atoms with E-state index in [9.17, 15) is 4.39 Å². The quantitative estimate of drug-likeness (QED) is 0.233. The Hall–Kier alpha value is -3.91. The molecule has 0 saturated carbocycles. The normalized spacial score (nSPS) is 11.0. The van der Waals surface area contributed by atoms with Gasteiger partial charge in [0.1, 0.15) is 12.4 Å². The van der Waals surface area contributed by atoms with Crippen LogP contribution in [0.3, 0.4) is 0 Å². The van der Waals surface area contributed by atoms with Gasteiger partial charge in [-0.3, -0.25) is 0 Å². The Morgan fingerprint density at radius 2 is 1.76 bits per heavy atom. The van der Waals surface area contributed by atoms with Crippen LogP contribution in [0, 0.1) is 5.82 Å². The Morgan fingerprint density at radius 1 is 0.970 bits per heavy atom.